The second-order valence-corrected chi connectivity index (χ2v) is 9.12. The number of aliphatic hydroxyl groups excluding tert-OH is 1. The average Bonchev–Trinajstić information content (AvgIpc) is 2.69. The second-order valence-electron chi connectivity index (χ2n) is 9.12. The summed E-state index contributed by atoms with van der Waals surface area (Å²) in [6, 6.07) is 4.85. The van der Waals surface area contributed by atoms with Gasteiger partial charge in [-0.15, -0.1) is 0 Å². The summed E-state index contributed by atoms with van der Waals surface area (Å²) in [6.07, 6.45) is 0.934. The summed E-state index contributed by atoms with van der Waals surface area (Å²) in [5.74, 6) is -0.865. The van der Waals surface area contributed by atoms with Gasteiger partial charge in [0.25, 0.3) is 0 Å². The second kappa shape index (κ2) is 12.4. The molecule has 1 aromatic rings. The molecule has 0 radical (unpaired) electrons. The van der Waals surface area contributed by atoms with E-state index in [1.54, 1.807) is 34.6 Å². The van der Waals surface area contributed by atoms with Crippen LogP contribution >= 0.6 is 0 Å². The van der Waals surface area contributed by atoms with Crippen LogP contribution in [-0.4, -0.2) is 58.8 Å². The molecular formula is C24H39N3O5. The van der Waals surface area contributed by atoms with E-state index in [1.807, 2.05) is 38.1 Å². The van der Waals surface area contributed by atoms with Crippen molar-refractivity contribution in [1.82, 2.24) is 15.5 Å². The molecule has 8 heteroatoms. The van der Waals surface area contributed by atoms with Gasteiger partial charge in [0.2, 0.25) is 11.8 Å². The number of aliphatic hydroxyl groups is 1. The molecule has 0 saturated heterocycles. The summed E-state index contributed by atoms with van der Waals surface area (Å²) in [4.78, 5) is 40.4. The summed E-state index contributed by atoms with van der Waals surface area (Å²) in [6.45, 7) is 12.5. The van der Waals surface area contributed by atoms with Crippen LogP contribution in [0.25, 0.3) is 0 Å². The largest absolute Gasteiger partial charge is 0.444 e. The third-order valence-corrected chi connectivity index (χ3v) is 4.82. The van der Waals surface area contributed by atoms with Gasteiger partial charge >= 0.3 is 6.09 Å². The van der Waals surface area contributed by atoms with Gasteiger partial charge in [-0.05, 0) is 59.1 Å². The maximum absolute atomic E-state index is 13.5. The first-order valence-electron chi connectivity index (χ1n) is 11.2. The lowest BCUT2D eigenvalue weighted by Crippen LogP contribution is -2.56. The number of hydrogen-bond acceptors (Lipinski definition) is 5. The van der Waals surface area contributed by atoms with E-state index in [4.69, 9.17) is 4.74 Å². The van der Waals surface area contributed by atoms with E-state index in [0.29, 0.717) is 12.1 Å². The molecule has 0 aliphatic carbocycles. The minimum Gasteiger partial charge on any atom is -0.444 e. The Morgan fingerprint density at radius 2 is 1.78 bits per heavy atom. The summed E-state index contributed by atoms with van der Waals surface area (Å²) in [5, 5.41) is 15.2. The molecule has 1 rings (SSSR count). The summed E-state index contributed by atoms with van der Waals surface area (Å²) in [5.41, 5.74) is 0.799. The van der Waals surface area contributed by atoms with Crippen molar-refractivity contribution in [1.29, 1.82) is 0 Å². The number of alkyl carbamates (subject to hydrolysis) is 1. The van der Waals surface area contributed by atoms with Crippen LogP contribution in [0, 0.1) is 6.92 Å². The van der Waals surface area contributed by atoms with Crippen molar-refractivity contribution >= 4 is 17.9 Å². The number of unbranched alkanes of at least 4 members (excludes halogenated alkanes) is 1. The quantitative estimate of drug-likeness (QED) is 0.476. The Morgan fingerprint density at radius 3 is 2.28 bits per heavy atom. The Balaban J connectivity index is 3.31. The molecule has 32 heavy (non-hydrogen) atoms. The maximum Gasteiger partial charge on any atom is 0.408 e. The van der Waals surface area contributed by atoms with Gasteiger partial charge in [0.15, 0.2) is 0 Å². The van der Waals surface area contributed by atoms with Crippen molar-refractivity contribution in [3.63, 3.8) is 0 Å². The number of carbonyl (C=O) groups excluding carboxylic acids is 3. The van der Waals surface area contributed by atoms with Crippen LogP contribution < -0.4 is 10.6 Å². The van der Waals surface area contributed by atoms with Crippen LogP contribution in [0.5, 0.6) is 0 Å². The standard InChI is InChI=1S/C24H39N3O5/c1-8-9-14-25-21(29)20(18-13-11-10-12-17(18)4)27(16(2)3)22(30)19(15-28)26-23(31)32-24(5,6)7/h10-13,16,19-20,28H,8-9,14-15H2,1-7H3,(H,25,29)(H,26,31). The van der Waals surface area contributed by atoms with Crippen molar-refractivity contribution in [3.8, 4) is 0 Å². The van der Waals surface area contributed by atoms with E-state index in [2.05, 4.69) is 10.6 Å². The number of nitrogens with one attached hydrogen (secondary N) is 2. The zero-order valence-corrected chi connectivity index (χ0v) is 20.4. The lowest BCUT2D eigenvalue weighted by atomic mass is 9.97. The number of rotatable bonds is 10. The predicted octanol–water partition coefficient (Wildman–Crippen LogP) is 3.08. The van der Waals surface area contributed by atoms with E-state index >= 15 is 0 Å². The normalized spacial score (nSPS) is 13.3. The van der Waals surface area contributed by atoms with Crippen LogP contribution in [-0.2, 0) is 14.3 Å². The fraction of sp³-hybridized carbons (Fsp3) is 0.625. The van der Waals surface area contributed by atoms with E-state index in [-0.39, 0.29) is 11.9 Å². The number of nitrogens with zero attached hydrogens (tertiary/aromatic N) is 1. The Kier molecular flexibility index (Phi) is 10.7. The molecule has 3 N–H and O–H groups in total. The zero-order valence-electron chi connectivity index (χ0n) is 20.4. The van der Waals surface area contributed by atoms with Crippen molar-refractivity contribution in [2.24, 2.45) is 0 Å². The highest BCUT2D eigenvalue weighted by Crippen LogP contribution is 2.27. The third kappa shape index (κ3) is 8.15. The number of ether oxygens (including phenoxy) is 1. The number of benzene rings is 1. The smallest absolute Gasteiger partial charge is 0.408 e. The molecule has 2 atom stereocenters. The van der Waals surface area contributed by atoms with E-state index in [1.165, 1.54) is 4.90 Å². The highest BCUT2D eigenvalue weighted by Gasteiger charge is 2.38. The van der Waals surface area contributed by atoms with Gasteiger partial charge in [0, 0.05) is 12.6 Å². The van der Waals surface area contributed by atoms with Crippen LogP contribution in [0.4, 0.5) is 4.79 Å². The van der Waals surface area contributed by atoms with Gasteiger partial charge in [-0.2, -0.15) is 0 Å². The molecule has 0 aliphatic rings. The minimum absolute atomic E-state index is 0.302. The van der Waals surface area contributed by atoms with Crippen LogP contribution in [0.2, 0.25) is 0 Å². The molecule has 0 aromatic heterocycles. The van der Waals surface area contributed by atoms with Gasteiger partial charge in [0.1, 0.15) is 17.7 Å². The molecule has 1 aromatic carbocycles. The molecule has 0 bridgehead atoms. The highest BCUT2D eigenvalue weighted by molar-refractivity contribution is 5.92. The Bertz CT molecular complexity index is 773. The molecule has 8 nitrogen and oxygen atoms in total. The minimum atomic E-state index is -1.25. The maximum atomic E-state index is 13.5. The highest BCUT2D eigenvalue weighted by atomic mass is 16.6. The number of amides is 3. The topological polar surface area (TPSA) is 108 Å². The van der Waals surface area contributed by atoms with Gasteiger partial charge in [0.05, 0.1) is 6.61 Å². The summed E-state index contributed by atoms with van der Waals surface area (Å²) < 4.78 is 5.23. The number of carbonyl (C=O) groups is 3. The molecule has 0 spiro atoms. The molecule has 2 unspecified atom stereocenters. The summed E-state index contributed by atoms with van der Waals surface area (Å²) in [7, 11) is 0. The Hall–Kier alpha value is -2.61. The molecule has 180 valence electrons. The van der Waals surface area contributed by atoms with Gasteiger partial charge < -0.3 is 25.4 Å². The van der Waals surface area contributed by atoms with Crippen molar-refractivity contribution in [3.05, 3.63) is 35.4 Å². The van der Waals surface area contributed by atoms with E-state index in [9.17, 15) is 19.5 Å². The van der Waals surface area contributed by atoms with Crippen molar-refractivity contribution in [2.45, 2.75) is 85.0 Å². The van der Waals surface area contributed by atoms with Crippen LogP contribution in [0.1, 0.15) is 71.6 Å². The van der Waals surface area contributed by atoms with Crippen LogP contribution in [0.15, 0.2) is 24.3 Å². The lowest BCUT2D eigenvalue weighted by Gasteiger charge is -2.37. The molecule has 3 amide bonds. The number of hydrogen-bond donors (Lipinski definition) is 3. The fourth-order valence-electron chi connectivity index (χ4n) is 3.29. The van der Waals surface area contributed by atoms with Gasteiger partial charge in [-0.1, -0.05) is 37.6 Å². The fourth-order valence-corrected chi connectivity index (χ4v) is 3.29. The lowest BCUT2D eigenvalue weighted by molar-refractivity contribution is -0.145. The van der Waals surface area contributed by atoms with E-state index in [0.717, 1.165) is 18.4 Å². The Labute approximate surface area is 191 Å². The van der Waals surface area contributed by atoms with Gasteiger partial charge in [-0.25, -0.2) is 4.79 Å². The van der Waals surface area contributed by atoms with Crippen molar-refractivity contribution in [2.75, 3.05) is 13.2 Å². The molecule has 0 heterocycles. The first kappa shape index (κ1) is 27.4. The third-order valence-electron chi connectivity index (χ3n) is 4.82. The Morgan fingerprint density at radius 1 is 1.16 bits per heavy atom. The zero-order chi connectivity index (χ0) is 24.5. The SMILES string of the molecule is CCCCNC(=O)C(c1ccccc1C)N(C(=O)C(CO)NC(=O)OC(C)(C)C)C(C)C. The molecule has 0 aliphatic heterocycles. The monoisotopic (exact) mass is 449 g/mol. The van der Waals surface area contributed by atoms with Crippen molar-refractivity contribution < 1.29 is 24.2 Å². The van der Waals surface area contributed by atoms with Gasteiger partial charge in [-0.3, -0.25) is 9.59 Å². The first-order chi connectivity index (χ1) is 14.9. The molecular weight excluding hydrogens is 410 g/mol. The van der Waals surface area contributed by atoms with Crippen LogP contribution in [0.3, 0.4) is 0 Å². The number of aryl methyl sites for hydroxylation is 1. The average molecular weight is 450 g/mol. The summed E-state index contributed by atoms with van der Waals surface area (Å²) >= 11 is 0. The predicted molar refractivity (Wildman–Crippen MR) is 124 cm³/mol. The molecule has 0 fully saturated rings. The van der Waals surface area contributed by atoms with E-state index < -0.39 is 36.3 Å². The first-order valence-corrected chi connectivity index (χ1v) is 11.2. The molecule has 0 saturated carbocycles.